The summed E-state index contributed by atoms with van der Waals surface area (Å²) in [7, 11) is 0. The minimum Gasteiger partial charge on any atom is -0.389 e. The molecule has 2 aliphatic rings. The molecular weight excluding hydrogens is 676 g/mol. The van der Waals surface area contributed by atoms with Crippen LogP contribution >= 0.6 is 35.5 Å². The summed E-state index contributed by atoms with van der Waals surface area (Å²) in [5.41, 5.74) is 8.01. The Morgan fingerprint density at radius 3 is 1.84 bits per heavy atom. The summed E-state index contributed by atoms with van der Waals surface area (Å²) in [4.78, 5) is 13.7. The molecule has 5 aromatic rings. The van der Waals surface area contributed by atoms with E-state index in [-0.39, 0.29) is 17.5 Å². The van der Waals surface area contributed by atoms with Crippen LogP contribution in [0.25, 0.3) is 12.2 Å². The van der Waals surface area contributed by atoms with Crippen LogP contribution in [0.2, 0.25) is 0 Å². The molecule has 0 radical (unpaired) electrons. The Balaban J connectivity index is 0.000000241. The molecule has 4 aromatic carbocycles. The molecule has 3 heterocycles. The highest BCUT2D eigenvalue weighted by Gasteiger charge is 2.44. The Hall–Kier alpha value is -3.75. The quantitative estimate of drug-likeness (QED) is 0.164. The van der Waals surface area contributed by atoms with Gasteiger partial charge in [0.25, 0.3) is 0 Å². The third-order valence-corrected chi connectivity index (χ3v) is 11.1. The van der Waals surface area contributed by atoms with Crippen LogP contribution in [-0.4, -0.2) is 52.7 Å². The monoisotopic (exact) mass is 720 g/mol. The SMILES string of the molecule is CC(=O)SC1CCNC/C1=C\c1ccsc1.Cl.OC1CCN(C(c2ccccc2)(c2ccccc2)c2ccccc2)C/C1=C\c1ccccc1. The summed E-state index contributed by atoms with van der Waals surface area (Å²) in [6.45, 7) is 5.04. The van der Waals surface area contributed by atoms with Crippen molar-refractivity contribution in [1.82, 2.24) is 10.2 Å². The summed E-state index contributed by atoms with van der Waals surface area (Å²) in [6.07, 6.45) is 5.68. The molecule has 2 unspecified atom stereocenters. The zero-order valence-electron chi connectivity index (χ0n) is 28.4. The third-order valence-electron chi connectivity index (χ3n) is 9.20. The summed E-state index contributed by atoms with van der Waals surface area (Å²) in [6, 6.07) is 44.7. The van der Waals surface area contributed by atoms with Crippen LogP contribution in [0.5, 0.6) is 0 Å². The smallest absolute Gasteiger partial charge is 0.186 e. The molecule has 50 heavy (non-hydrogen) atoms. The maximum absolute atomic E-state index is 11.2. The fraction of sp³-hybridized carbons (Fsp3) is 0.233. The number of rotatable bonds is 7. The predicted octanol–water partition coefficient (Wildman–Crippen LogP) is 9.32. The van der Waals surface area contributed by atoms with E-state index in [0.717, 1.165) is 37.2 Å². The van der Waals surface area contributed by atoms with Crippen LogP contribution in [0.4, 0.5) is 0 Å². The van der Waals surface area contributed by atoms with Gasteiger partial charge in [-0.05, 0) is 75.2 Å². The molecule has 258 valence electrons. The van der Waals surface area contributed by atoms with E-state index in [1.54, 1.807) is 18.3 Å². The molecule has 0 bridgehead atoms. The largest absolute Gasteiger partial charge is 0.389 e. The van der Waals surface area contributed by atoms with E-state index in [9.17, 15) is 9.90 Å². The van der Waals surface area contributed by atoms with Crippen molar-refractivity contribution in [2.24, 2.45) is 0 Å². The molecule has 0 saturated carbocycles. The van der Waals surface area contributed by atoms with Crippen LogP contribution in [0.3, 0.4) is 0 Å². The van der Waals surface area contributed by atoms with Crippen LogP contribution < -0.4 is 5.32 Å². The van der Waals surface area contributed by atoms with Gasteiger partial charge >= 0.3 is 0 Å². The number of aliphatic hydroxyl groups excluding tert-OH is 1. The first-order chi connectivity index (χ1) is 24.0. The van der Waals surface area contributed by atoms with Gasteiger partial charge in [0.15, 0.2) is 5.12 Å². The molecule has 4 nitrogen and oxygen atoms in total. The van der Waals surface area contributed by atoms with Crippen LogP contribution in [0.1, 0.15) is 47.6 Å². The second-order valence-corrected chi connectivity index (χ2v) is 14.7. The molecule has 0 amide bonds. The normalized spacial score (nSPS) is 19.6. The Labute approximate surface area is 311 Å². The second kappa shape index (κ2) is 18.5. The highest BCUT2D eigenvalue weighted by molar-refractivity contribution is 8.14. The maximum atomic E-state index is 11.2. The number of carbonyl (C=O) groups excluding carboxylic acids is 1. The van der Waals surface area contributed by atoms with Crippen molar-refractivity contribution < 1.29 is 9.90 Å². The Morgan fingerprint density at radius 2 is 1.32 bits per heavy atom. The van der Waals surface area contributed by atoms with Crippen molar-refractivity contribution >= 4 is 52.8 Å². The standard InChI is InChI=1S/C31H29NO.C12H15NOS2.ClH/c33-30-21-22-32(24-26(30)23-25-13-5-1-6-14-25)31(27-15-7-2-8-16-27,28-17-9-3-10-18-28)29-19-11-4-12-20-29;1-9(14)16-12-2-4-13-7-11(12)6-10-3-5-15-8-10;/h1-20,23,30,33H,21-22,24H2;3,5-6,8,12-13H,2,4,7H2,1H3;1H/b26-23+;11-6+;. The van der Waals surface area contributed by atoms with Crippen LogP contribution in [-0.2, 0) is 10.3 Å². The third kappa shape index (κ3) is 9.12. The summed E-state index contributed by atoms with van der Waals surface area (Å²) < 4.78 is 0. The van der Waals surface area contributed by atoms with Gasteiger partial charge in [-0.25, -0.2) is 0 Å². The Bertz CT molecular complexity index is 1720. The van der Waals surface area contributed by atoms with E-state index < -0.39 is 11.6 Å². The Morgan fingerprint density at radius 1 is 0.780 bits per heavy atom. The second-order valence-electron chi connectivity index (χ2n) is 12.5. The highest BCUT2D eigenvalue weighted by atomic mass is 35.5. The van der Waals surface area contributed by atoms with Crippen molar-refractivity contribution in [3.8, 4) is 0 Å². The van der Waals surface area contributed by atoms with E-state index in [2.05, 4.69) is 142 Å². The van der Waals surface area contributed by atoms with Crippen LogP contribution in [0, 0.1) is 0 Å². The summed E-state index contributed by atoms with van der Waals surface area (Å²) in [5.74, 6) is 0. The number of halogens is 1. The topological polar surface area (TPSA) is 52.6 Å². The number of nitrogens with one attached hydrogen (secondary N) is 1. The number of thiophene rings is 1. The number of aliphatic hydroxyl groups is 1. The minimum absolute atomic E-state index is 0. The summed E-state index contributed by atoms with van der Waals surface area (Å²) in [5, 5.41) is 19.1. The fourth-order valence-electron chi connectivity index (χ4n) is 6.96. The van der Waals surface area contributed by atoms with Gasteiger partial charge in [-0.15, -0.1) is 12.4 Å². The van der Waals surface area contributed by atoms with E-state index in [1.807, 2.05) is 18.2 Å². The number of nitrogens with zero attached hydrogens (tertiary/aromatic N) is 1. The van der Waals surface area contributed by atoms with Crippen molar-refractivity contribution in [1.29, 1.82) is 0 Å². The minimum atomic E-state index is -0.459. The lowest BCUT2D eigenvalue weighted by Crippen LogP contribution is -2.52. The average molecular weight is 721 g/mol. The van der Waals surface area contributed by atoms with Crippen molar-refractivity contribution in [3.63, 3.8) is 0 Å². The average Bonchev–Trinajstić information content (AvgIpc) is 3.66. The number of thioether (sulfide) groups is 1. The van der Waals surface area contributed by atoms with Crippen molar-refractivity contribution in [2.75, 3.05) is 26.2 Å². The van der Waals surface area contributed by atoms with Gasteiger partial charge < -0.3 is 10.4 Å². The molecule has 7 rings (SSSR count). The molecule has 7 heteroatoms. The number of hydrogen-bond donors (Lipinski definition) is 2. The fourth-order valence-corrected chi connectivity index (χ4v) is 8.52. The number of benzene rings is 4. The lowest BCUT2D eigenvalue weighted by Gasteiger charge is -2.48. The predicted molar refractivity (Wildman–Crippen MR) is 215 cm³/mol. The van der Waals surface area contributed by atoms with Gasteiger partial charge in [-0.3, -0.25) is 9.69 Å². The van der Waals surface area contributed by atoms with Gasteiger partial charge in [0.2, 0.25) is 0 Å². The number of likely N-dealkylation sites (tertiary alicyclic amines) is 1. The lowest BCUT2D eigenvalue weighted by atomic mass is 9.74. The molecule has 2 atom stereocenters. The van der Waals surface area contributed by atoms with E-state index >= 15 is 0 Å². The zero-order valence-corrected chi connectivity index (χ0v) is 30.8. The van der Waals surface area contributed by atoms with E-state index in [1.165, 1.54) is 39.6 Å². The molecule has 2 N–H and O–H groups in total. The molecule has 2 aliphatic heterocycles. The number of piperidine rings is 2. The molecule has 0 spiro atoms. The Kier molecular flexibility index (Phi) is 13.9. The number of hydrogen-bond acceptors (Lipinski definition) is 6. The molecule has 2 fully saturated rings. The maximum Gasteiger partial charge on any atom is 0.186 e. The zero-order chi connectivity index (χ0) is 33.9. The van der Waals surface area contributed by atoms with E-state index in [0.29, 0.717) is 18.2 Å². The van der Waals surface area contributed by atoms with Crippen molar-refractivity contribution in [2.45, 2.75) is 36.7 Å². The highest BCUT2D eigenvalue weighted by Crippen LogP contribution is 2.44. The van der Waals surface area contributed by atoms with Crippen LogP contribution in [0.15, 0.2) is 149 Å². The first kappa shape index (κ1) is 37.5. The first-order valence-electron chi connectivity index (χ1n) is 17.0. The van der Waals surface area contributed by atoms with Crippen molar-refractivity contribution in [3.05, 3.63) is 177 Å². The first-order valence-corrected chi connectivity index (χ1v) is 18.8. The lowest BCUT2D eigenvalue weighted by molar-refractivity contribution is -0.109. The van der Waals surface area contributed by atoms with E-state index in [4.69, 9.17) is 0 Å². The molecule has 1 aromatic heterocycles. The molecular formula is C43H45ClN2O2S2. The van der Waals surface area contributed by atoms with Gasteiger partial charge in [0.1, 0.15) is 0 Å². The summed E-state index contributed by atoms with van der Waals surface area (Å²) >= 11 is 3.17. The number of carbonyl (C=O) groups is 1. The molecule has 2 saturated heterocycles. The van der Waals surface area contributed by atoms with Gasteiger partial charge in [-0.2, -0.15) is 11.3 Å². The van der Waals surface area contributed by atoms with Gasteiger partial charge in [-0.1, -0.05) is 145 Å². The van der Waals surface area contributed by atoms with Gasteiger partial charge in [0, 0.05) is 31.8 Å². The molecule has 0 aliphatic carbocycles. The van der Waals surface area contributed by atoms with Gasteiger partial charge in [0.05, 0.1) is 11.6 Å².